The molecule has 16 heterocycles. The van der Waals surface area contributed by atoms with Crippen molar-refractivity contribution in [3.05, 3.63) is 474 Å². The minimum Gasteiger partial charge on any atom is -0.277 e. The number of aromatic amines is 1. The van der Waals surface area contributed by atoms with Crippen LogP contribution in [0.25, 0.3) is 270 Å². The molecule has 13 aromatic carbocycles. The molecular formula is C126H79N24+. The van der Waals surface area contributed by atoms with Crippen molar-refractivity contribution in [2.75, 3.05) is 0 Å². The predicted octanol–water partition coefficient (Wildman–Crippen LogP) is 27.0. The third kappa shape index (κ3) is 14.6. The summed E-state index contributed by atoms with van der Waals surface area (Å²) in [4.78, 5) is 85.8. The van der Waals surface area contributed by atoms with Gasteiger partial charge in [0.15, 0.2) is 45.0 Å². The standard InChI is InChI=1S/C126H78N24/c1-9-33-91(34-10-1)143-111(135-103-49-25-57-127-119(103)143)83-65-79(66-84(73-83)112-136-104-50-26-58-128-120(104)144(112)92-35-11-2-12-36-92)99-77-101(81-69-87(115-139-107-53-29-61-131-123(107)147(115)95-41-17-5-18-42-95)75-88(70-81)116-140-108-54-30-62-132-124(108)148(116)96-43-19-6-20-44-96)102(82-71-89(117-141-109-55-31-63-133-125(109)149(117)97-45-21-7-22-46-97)76-90(72-82)118-142-110-56-32-64-134-126(110)150(118)98-47-23-8-24-48-98)78-100(99)80-67-85(113-137-105-51-27-59-129-121(105)145(113)93-37-13-3-14-38-93)74-86(68-80)114-138-106-52-28-60-130-122(106)146(114)94-39-15-4-16-40-94/h1-78H/p+1. The van der Waals surface area contributed by atoms with E-state index in [0.29, 0.717) is 125 Å². The normalized spacial score (nSPS) is 11.7. The number of pyridine rings is 8. The lowest BCUT2D eigenvalue weighted by Gasteiger charge is -2.22. The molecule has 0 bridgehead atoms. The zero-order valence-corrected chi connectivity index (χ0v) is 79.8. The number of para-hydroxylation sites is 8. The Balaban J connectivity index is 0.828. The van der Waals surface area contributed by atoms with E-state index in [1.54, 1.807) is 0 Å². The van der Waals surface area contributed by atoms with E-state index in [9.17, 15) is 0 Å². The SMILES string of the molecule is c1ccc(-n2c(-c3cc(-c4cc(-c5cc(-c6nc7cccnc7n6-c6ccccc6)cc(-c6nc7cccnc7n6-c6ccccc6)c5)c(-c5cc(-c6nc7cccnc7n6-c6ccccc6)cc(-c6[nH]c7cccnc7[n+]6-c6ccccc6)c5)cc4-c4cc(-c5nc6cccnc6n5-c5ccccc5)cc(-c5nc6cccnc6n5-c5ccccc5)c4)cc(-c4nc5cccnc5n4-c4ccccc4)c3)nc3cccnc32)cc1. The van der Waals surface area contributed by atoms with Crippen molar-refractivity contribution in [1.82, 2.24) is 112 Å². The molecule has 0 aliphatic heterocycles. The van der Waals surface area contributed by atoms with E-state index in [2.05, 4.69) is 327 Å². The van der Waals surface area contributed by atoms with Gasteiger partial charge in [-0.3, -0.25) is 37.0 Å². The van der Waals surface area contributed by atoms with Crippen LogP contribution in [-0.2, 0) is 0 Å². The number of nitrogens with zero attached hydrogens (tertiary/aromatic N) is 23. The molecule has 0 amide bonds. The first-order valence-corrected chi connectivity index (χ1v) is 49.4. The summed E-state index contributed by atoms with van der Waals surface area (Å²) in [6.45, 7) is 0. The average molecular weight is 1930 g/mol. The largest absolute Gasteiger partial charge is 0.306 e. The summed E-state index contributed by atoms with van der Waals surface area (Å²) in [5, 5.41) is 0. The number of benzene rings is 13. The molecule has 29 aromatic rings. The van der Waals surface area contributed by atoms with Crippen LogP contribution in [0.3, 0.4) is 0 Å². The van der Waals surface area contributed by atoms with Crippen molar-refractivity contribution < 1.29 is 4.57 Å². The molecule has 1 N–H and O–H groups in total. The maximum Gasteiger partial charge on any atom is 0.306 e. The van der Waals surface area contributed by atoms with Crippen molar-refractivity contribution in [2.24, 2.45) is 0 Å². The number of imidazole rings is 8. The lowest BCUT2D eigenvalue weighted by molar-refractivity contribution is -0.557. The quantitative estimate of drug-likeness (QED) is 0.0697. The Labute approximate surface area is 855 Å². The second-order valence-corrected chi connectivity index (χ2v) is 36.8. The van der Waals surface area contributed by atoms with Gasteiger partial charge in [-0.1, -0.05) is 146 Å². The molecule has 0 unspecified atom stereocenters. The highest BCUT2D eigenvalue weighted by Crippen LogP contribution is 2.51. The lowest BCUT2D eigenvalue weighted by atomic mass is 9.83. The lowest BCUT2D eigenvalue weighted by Crippen LogP contribution is -2.32. The van der Waals surface area contributed by atoms with Crippen LogP contribution in [0, 0.1) is 0 Å². The summed E-state index contributed by atoms with van der Waals surface area (Å²) in [5.74, 6) is 5.08. The van der Waals surface area contributed by atoms with Crippen LogP contribution in [0.5, 0.6) is 0 Å². The van der Waals surface area contributed by atoms with E-state index in [0.717, 1.165) is 146 Å². The number of nitrogens with one attached hydrogen (secondary N) is 1. The van der Waals surface area contributed by atoms with Gasteiger partial charge in [-0.05, 0) is 324 Å². The maximum absolute atomic E-state index is 5.75. The highest BCUT2D eigenvalue weighted by Gasteiger charge is 2.33. The summed E-state index contributed by atoms with van der Waals surface area (Å²) in [6.07, 6.45) is 14.7. The third-order valence-electron chi connectivity index (χ3n) is 27.7. The van der Waals surface area contributed by atoms with Crippen LogP contribution in [-0.4, -0.2) is 112 Å². The molecule has 702 valence electrons. The Morgan fingerprint density at radius 1 is 0.167 bits per heavy atom. The van der Waals surface area contributed by atoms with Gasteiger partial charge in [-0.2, -0.15) is 4.57 Å². The molecule has 0 radical (unpaired) electrons. The highest BCUT2D eigenvalue weighted by atomic mass is 15.2. The Morgan fingerprint density at radius 3 is 0.580 bits per heavy atom. The molecule has 0 aliphatic carbocycles. The molecule has 150 heavy (non-hydrogen) atoms. The Hall–Kier alpha value is -21.2. The van der Waals surface area contributed by atoms with Crippen molar-refractivity contribution in [3.8, 4) is 181 Å². The average Bonchev–Trinajstić information content (AvgIpc) is 1.25. The van der Waals surface area contributed by atoms with Gasteiger partial charge < -0.3 is 0 Å². The third-order valence-corrected chi connectivity index (χ3v) is 27.7. The number of H-pyrrole nitrogens is 1. The smallest absolute Gasteiger partial charge is 0.277 e. The van der Waals surface area contributed by atoms with Crippen LogP contribution in [0.4, 0.5) is 0 Å². The Bertz CT molecular complexity index is 8640. The zero-order chi connectivity index (χ0) is 98.8. The van der Waals surface area contributed by atoms with Gasteiger partial charge in [0, 0.05) is 128 Å². The molecule has 24 nitrogen and oxygen atoms in total. The van der Waals surface area contributed by atoms with Gasteiger partial charge in [0.05, 0.1) is 0 Å². The maximum atomic E-state index is 5.75. The van der Waals surface area contributed by atoms with E-state index in [1.165, 1.54) is 0 Å². The first-order valence-electron chi connectivity index (χ1n) is 49.4. The number of rotatable bonds is 20. The summed E-state index contributed by atoms with van der Waals surface area (Å²) in [5.41, 5.74) is 30.0. The van der Waals surface area contributed by atoms with Gasteiger partial charge in [0.2, 0.25) is 5.82 Å². The fraction of sp³-hybridized carbons (Fsp3) is 0. The van der Waals surface area contributed by atoms with Gasteiger partial charge in [-0.25, -0.2) is 69.8 Å². The number of hydrogen-bond donors (Lipinski definition) is 1. The fourth-order valence-corrected chi connectivity index (χ4v) is 21.2. The molecule has 0 saturated heterocycles. The Morgan fingerprint density at radius 2 is 0.353 bits per heavy atom. The topological polar surface area (TPSA) is 248 Å². The summed E-state index contributed by atoms with van der Waals surface area (Å²) in [6, 6.07) is 147. The molecule has 0 fully saturated rings. The van der Waals surface area contributed by atoms with Crippen LogP contribution < -0.4 is 4.57 Å². The van der Waals surface area contributed by atoms with E-state index in [4.69, 9.17) is 74.8 Å². The van der Waals surface area contributed by atoms with Gasteiger partial charge in [-0.15, -0.1) is 4.98 Å². The zero-order valence-electron chi connectivity index (χ0n) is 79.8. The van der Waals surface area contributed by atoms with E-state index in [-0.39, 0.29) is 0 Å². The first kappa shape index (κ1) is 85.6. The van der Waals surface area contributed by atoms with Gasteiger partial charge in [0.25, 0.3) is 0 Å². The van der Waals surface area contributed by atoms with E-state index < -0.39 is 0 Å². The summed E-state index contributed by atoms with van der Waals surface area (Å²) in [7, 11) is 0. The number of fused-ring (bicyclic) bond motifs is 8. The van der Waals surface area contributed by atoms with E-state index in [1.807, 2.05) is 189 Å². The second kappa shape index (κ2) is 35.4. The molecule has 24 heteroatoms. The van der Waals surface area contributed by atoms with Crippen molar-refractivity contribution >= 4 is 89.3 Å². The molecule has 16 aromatic heterocycles. The van der Waals surface area contributed by atoms with Crippen LogP contribution in [0.2, 0.25) is 0 Å². The summed E-state index contributed by atoms with van der Waals surface area (Å²) < 4.78 is 17.3. The molecule has 0 spiro atoms. The van der Waals surface area contributed by atoms with E-state index >= 15 is 0 Å². The minimum atomic E-state index is 0.618. The monoisotopic (exact) mass is 1930 g/mol. The van der Waals surface area contributed by atoms with Crippen LogP contribution in [0.15, 0.2) is 474 Å². The molecule has 0 saturated carbocycles. The second-order valence-electron chi connectivity index (χ2n) is 36.8. The number of aromatic nitrogens is 24. The summed E-state index contributed by atoms with van der Waals surface area (Å²) >= 11 is 0. The van der Waals surface area contributed by atoms with Gasteiger partial charge >= 0.3 is 5.65 Å². The fourth-order valence-electron chi connectivity index (χ4n) is 21.2. The predicted molar refractivity (Wildman–Crippen MR) is 590 cm³/mol. The van der Waals surface area contributed by atoms with Crippen LogP contribution >= 0.6 is 0 Å². The van der Waals surface area contributed by atoms with Gasteiger partial charge in [0.1, 0.15) is 91.3 Å². The van der Waals surface area contributed by atoms with Crippen LogP contribution in [0.1, 0.15) is 0 Å². The van der Waals surface area contributed by atoms with Crippen molar-refractivity contribution in [2.45, 2.75) is 0 Å². The minimum absolute atomic E-state index is 0.618. The first-order chi connectivity index (χ1) is 74.4. The Kier molecular flexibility index (Phi) is 20.2. The highest BCUT2D eigenvalue weighted by molar-refractivity contribution is 6.02. The molecule has 29 rings (SSSR count). The molecule has 0 aliphatic rings. The van der Waals surface area contributed by atoms with Crippen molar-refractivity contribution in [3.63, 3.8) is 0 Å². The molecule has 0 atom stereocenters. The molecular weight excluding hydrogens is 1850 g/mol. The van der Waals surface area contributed by atoms with Crippen molar-refractivity contribution in [1.29, 1.82) is 0 Å². The number of hydrogen-bond acceptors (Lipinski definition) is 15.